The lowest BCUT2D eigenvalue weighted by atomic mass is 9.83. The summed E-state index contributed by atoms with van der Waals surface area (Å²) in [5.74, 6) is -258. The van der Waals surface area contributed by atoms with E-state index in [-0.39, 0.29) is 24.3 Å². The average Bonchev–Trinajstić information content (AvgIpc) is 0.685. The Morgan fingerprint density at radius 1 is 0.221 bits per heavy atom. The van der Waals surface area contributed by atoms with Gasteiger partial charge < -0.3 is 9.47 Å². The van der Waals surface area contributed by atoms with E-state index in [4.69, 9.17) is 0 Å². The van der Waals surface area contributed by atoms with E-state index in [1.54, 1.807) is 0 Å². The van der Waals surface area contributed by atoms with Gasteiger partial charge >= 0.3 is 178 Å². The van der Waals surface area contributed by atoms with E-state index in [1.165, 1.54) is 0 Å². The van der Waals surface area contributed by atoms with E-state index in [1.807, 2.05) is 0 Å². The van der Waals surface area contributed by atoms with Crippen LogP contribution in [0.3, 0.4) is 0 Å². The van der Waals surface area contributed by atoms with Crippen LogP contribution in [0, 0.1) is 0 Å². The molecule has 0 aliphatic carbocycles. The summed E-state index contributed by atoms with van der Waals surface area (Å²) in [7, 11) is 0. The minimum absolute atomic E-state index is 0.169. The van der Waals surface area contributed by atoms with Crippen LogP contribution in [0.15, 0.2) is 24.3 Å². The third kappa shape index (κ3) is 12.4. The molecule has 0 aliphatic heterocycles. The van der Waals surface area contributed by atoms with Crippen LogP contribution >= 0.6 is 0 Å². The number of alkyl halides is 58. The molecule has 2 unspecified atom stereocenters. The molecule has 0 radical (unpaired) electrons. The highest BCUT2D eigenvalue weighted by atomic mass is 19.5. The summed E-state index contributed by atoms with van der Waals surface area (Å²) in [6.45, 7) is -1.16. The molecule has 0 saturated heterocycles. The number of rotatable bonds is 32. The minimum atomic E-state index is -10.3. The minimum Gasteiger partial charge on any atom is -0.459 e. The summed E-state index contributed by atoms with van der Waals surface area (Å²) in [6.07, 6.45) is -32.7. The number of ether oxygens (including phenoxy) is 2. The standard InChI is InChI=1S/C42H16F58O4/c1-9(7-15(43,44)17(47,48)19(51,52)21(55,56)23(59,60)25(63,64)27(67,68)29(71,72)31(75,76)33(79,80)35(83,84)37(87,88)39(91,92)41(95,96)97)103-13(101)11-5-3-4-6-12(11)14(102)104-10(2)8-16(45,46)18(49,50)20(53,54)22(57,58)24(61,62)26(65,66)28(69,70)30(73,74)32(77,78)34(81,82)36(85,86)38(89,90)40(93,94)42(98,99)100/h3-6,9-10H,7-8H2,1-2H3. The molecule has 2 atom stereocenters. The monoisotopic (exact) mass is 1690 g/mol. The first-order chi connectivity index (χ1) is 44.3. The van der Waals surface area contributed by atoms with Gasteiger partial charge in [0.1, 0.15) is 12.2 Å². The number of halogens is 58. The smallest absolute Gasteiger partial charge is 0.459 e. The molecule has 0 fully saturated rings. The van der Waals surface area contributed by atoms with E-state index in [0.717, 1.165) is 0 Å². The molecule has 0 spiro atoms. The van der Waals surface area contributed by atoms with Gasteiger partial charge in [-0.2, -0.15) is 255 Å². The van der Waals surface area contributed by atoms with Gasteiger partial charge in [0.25, 0.3) is 0 Å². The van der Waals surface area contributed by atoms with E-state index >= 15 is 0 Å². The van der Waals surface area contributed by atoms with Gasteiger partial charge in [-0.3, -0.25) is 0 Å². The fourth-order valence-electron chi connectivity index (χ4n) is 7.15. The first-order valence-corrected chi connectivity index (χ1v) is 23.8. The van der Waals surface area contributed by atoms with Crippen molar-refractivity contribution in [2.45, 2.75) is 205 Å². The van der Waals surface area contributed by atoms with E-state index < -0.39 is 228 Å². The van der Waals surface area contributed by atoms with E-state index in [2.05, 4.69) is 9.47 Å². The molecule has 1 aromatic rings. The number of esters is 2. The van der Waals surface area contributed by atoms with Crippen LogP contribution in [0.25, 0.3) is 0 Å². The maximum Gasteiger partial charge on any atom is 0.460 e. The maximum absolute atomic E-state index is 14.8. The van der Waals surface area contributed by atoms with Gasteiger partial charge in [-0.25, -0.2) is 9.59 Å². The van der Waals surface area contributed by atoms with Gasteiger partial charge in [0.2, 0.25) is 0 Å². The zero-order valence-corrected chi connectivity index (χ0v) is 46.4. The molecule has 0 saturated carbocycles. The molecule has 1 rings (SSSR count). The van der Waals surface area contributed by atoms with E-state index in [0.29, 0.717) is 0 Å². The third-order valence-electron chi connectivity index (χ3n) is 13.4. The first kappa shape index (κ1) is 96.1. The van der Waals surface area contributed by atoms with Crippen molar-refractivity contribution >= 4 is 11.9 Å². The summed E-state index contributed by atoms with van der Waals surface area (Å²) in [6, 6.07) is -0.0967. The normalized spacial score (nSPS) is 17.1. The zero-order valence-electron chi connectivity index (χ0n) is 46.4. The molecule has 0 N–H and O–H groups in total. The summed E-state index contributed by atoms with van der Waals surface area (Å²) >= 11 is 0. The summed E-state index contributed by atoms with van der Waals surface area (Å²) in [5, 5.41) is 0. The molecule has 0 heterocycles. The average molecular weight is 1690 g/mol. The molecular weight excluding hydrogens is 1670 g/mol. The number of hydrogen-bond acceptors (Lipinski definition) is 4. The Balaban J connectivity index is 3.78. The van der Waals surface area contributed by atoms with Crippen molar-refractivity contribution in [2.24, 2.45) is 0 Å². The summed E-state index contributed by atoms with van der Waals surface area (Å²) < 4.78 is 815. The molecule has 0 bridgehead atoms. The Morgan fingerprint density at radius 3 is 0.462 bits per heavy atom. The predicted molar refractivity (Wildman–Crippen MR) is 206 cm³/mol. The predicted octanol–water partition coefficient (Wildman–Crippen LogP) is 21.2. The Hall–Kier alpha value is -5.90. The maximum atomic E-state index is 14.8. The van der Waals surface area contributed by atoms with Gasteiger partial charge in [0.05, 0.1) is 24.0 Å². The first-order valence-electron chi connectivity index (χ1n) is 23.8. The molecule has 0 aromatic heterocycles. The summed E-state index contributed by atoms with van der Waals surface area (Å²) in [4.78, 5) is 25.4. The van der Waals surface area contributed by atoms with Crippen molar-refractivity contribution in [1.29, 1.82) is 0 Å². The Morgan fingerprint density at radius 2 is 0.337 bits per heavy atom. The number of carbonyl (C=O) groups excluding carboxylic acids is 2. The highest BCUT2D eigenvalue weighted by molar-refractivity contribution is 6.03. The Kier molecular flexibility index (Phi) is 23.4. The van der Waals surface area contributed by atoms with Crippen molar-refractivity contribution in [3.63, 3.8) is 0 Å². The van der Waals surface area contributed by atoms with Crippen molar-refractivity contribution in [2.75, 3.05) is 0 Å². The van der Waals surface area contributed by atoms with Crippen molar-refractivity contribution in [1.82, 2.24) is 0 Å². The molecule has 614 valence electrons. The highest BCUT2D eigenvalue weighted by Crippen LogP contribution is 2.72. The third-order valence-corrected chi connectivity index (χ3v) is 13.4. The molecule has 4 nitrogen and oxygen atoms in total. The SMILES string of the molecule is CC(CC(F)(F)C(F)(F)C(F)(F)C(F)(F)C(F)(F)C(F)(F)C(F)(F)C(F)(F)C(F)(F)C(F)(F)C(F)(F)C(F)(F)C(F)(F)C(F)(F)F)OC(=O)c1ccccc1C(=O)OC(C)CC(F)(F)C(F)(F)C(F)(F)C(F)(F)C(F)(F)C(F)(F)C(F)(F)C(F)(F)C(F)(F)C(F)(F)C(F)(F)C(F)(F)C(F)(F)C(F)(F)F. The molecule has 62 heteroatoms. The second kappa shape index (κ2) is 25.3. The molecule has 0 amide bonds. The second-order valence-electron chi connectivity index (χ2n) is 20.6. The van der Waals surface area contributed by atoms with E-state index in [9.17, 15) is 264 Å². The van der Waals surface area contributed by atoms with Crippen LogP contribution in [0.1, 0.15) is 47.4 Å². The van der Waals surface area contributed by atoms with Crippen molar-refractivity contribution in [3.8, 4) is 0 Å². The van der Waals surface area contributed by atoms with Gasteiger partial charge in [-0.15, -0.1) is 0 Å². The fourth-order valence-corrected chi connectivity index (χ4v) is 7.15. The van der Waals surface area contributed by atoms with Crippen LogP contribution in [0.5, 0.6) is 0 Å². The van der Waals surface area contributed by atoms with Crippen molar-refractivity contribution in [3.05, 3.63) is 35.4 Å². The quantitative estimate of drug-likeness (QED) is 0.0533. The van der Waals surface area contributed by atoms with Crippen LogP contribution in [-0.4, -0.2) is 190 Å². The van der Waals surface area contributed by atoms with Crippen LogP contribution < -0.4 is 0 Å². The zero-order chi connectivity index (χ0) is 85.1. The number of carbonyl (C=O) groups is 2. The number of benzene rings is 1. The van der Waals surface area contributed by atoms with Crippen molar-refractivity contribution < 1.29 is 274 Å². The van der Waals surface area contributed by atoms with Gasteiger partial charge in [0.15, 0.2) is 0 Å². The largest absolute Gasteiger partial charge is 0.460 e. The molecule has 0 aliphatic rings. The molecular formula is C42H16F58O4. The lowest BCUT2D eigenvalue weighted by Crippen LogP contribution is -2.79. The summed E-state index contributed by atoms with van der Waals surface area (Å²) in [5.41, 5.74) is -4.18. The van der Waals surface area contributed by atoms with Crippen LogP contribution in [-0.2, 0) is 9.47 Å². The fraction of sp³-hybridized carbons (Fsp3) is 0.810. The number of hydrogen-bond donors (Lipinski definition) is 0. The lowest BCUT2D eigenvalue weighted by Gasteiger charge is -2.46. The van der Waals surface area contributed by atoms with Crippen LogP contribution in [0.2, 0.25) is 0 Å². The van der Waals surface area contributed by atoms with Crippen LogP contribution in [0.4, 0.5) is 255 Å². The molecule has 1 aromatic carbocycles. The Labute approximate surface area is 527 Å². The Bertz CT molecular complexity index is 3040. The second-order valence-corrected chi connectivity index (χ2v) is 20.6. The highest BCUT2D eigenvalue weighted by Gasteiger charge is 3.04. The molecule has 104 heavy (non-hydrogen) atoms. The lowest BCUT2D eigenvalue weighted by molar-refractivity contribution is -0.487. The topological polar surface area (TPSA) is 52.6 Å². The van der Waals surface area contributed by atoms with Gasteiger partial charge in [-0.05, 0) is 26.0 Å². The van der Waals surface area contributed by atoms with Gasteiger partial charge in [-0.1, -0.05) is 12.1 Å². The van der Waals surface area contributed by atoms with Gasteiger partial charge in [0, 0.05) is 0 Å².